The predicted octanol–water partition coefficient (Wildman–Crippen LogP) is 0.520. The molecule has 0 aliphatic carbocycles. The van der Waals surface area contributed by atoms with E-state index in [0.717, 1.165) is 0 Å². The maximum absolute atomic E-state index is 12.6. The molecule has 0 aromatic heterocycles. The number of carbonyl (C=O) groups excluding carboxylic acids is 2. The molecule has 0 aliphatic heterocycles. The van der Waals surface area contributed by atoms with Crippen LogP contribution in [0.5, 0.6) is 0 Å². The van der Waals surface area contributed by atoms with E-state index in [4.69, 9.17) is 4.55 Å². The molecule has 0 radical (unpaired) electrons. The topological polar surface area (TPSA) is 107 Å². The van der Waals surface area contributed by atoms with Crippen LogP contribution in [0.2, 0.25) is 0 Å². The first-order valence-electron chi connectivity index (χ1n) is 4.80. The van der Waals surface area contributed by atoms with Crippen LogP contribution >= 0.6 is 0 Å². The molecule has 110 valence electrons. The molecule has 1 N–H and O–H groups in total. The SMILES string of the molecule is C=C(C)C(=O)OCCC(=O)OCC(F)(F)S(=O)(=O)O. The monoisotopic (exact) mass is 302 g/mol. The summed E-state index contributed by atoms with van der Waals surface area (Å²) in [6.45, 7) is 2.38. The zero-order valence-corrected chi connectivity index (χ0v) is 10.7. The molecular weight excluding hydrogens is 290 g/mol. The Kier molecular flexibility index (Phi) is 6.03. The Balaban J connectivity index is 4.08. The van der Waals surface area contributed by atoms with Gasteiger partial charge in [0.2, 0.25) is 0 Å². The summed E-state index contributed by atoms with van der Waals surface area (Å²) in [5, 5.41) is -4.59. The molecule has 0 spiro atoms. The van der Waals surface area contributed by atoms with Crippen molar-refractivity contribution in [2.45, 2.75) is 18.6 Å². The molecule has 7 nitrogen and oxygen atoms in total. The molecule has 0 atom stereocenters. The summed E-state index contributed by atoms with van der Waals surface area (Å²) in [5.41, 5.74) is 0.0891. The van der Waals surface area contributed by atoms with Crippen LogP contribution in [0.1, 0.15) is 13.3 Å². The summed E-state index contributed by atoms with van der Waals surface area (Å²) in [7, 11) is -5.65. The highest BCUT2D eigenvalue weighted by molar-refractivity contribution is 7.86. The number of carbonyl (C=O) groups is 2. The van der Waals surface area contributed by atoms with Gasteiger partial charge in [0.1, 0.15) is 6.61 Å². The van der Waals surface area contributed by atoms with Gasteiger partial charge >= 0.3 is 27.3 Å². The van der Waals surface area contributed by atoms with Crippen molar-refractivity contribution in [3.05, 3.63) is 12.2 Å². The molecule has 10 heteroatoms. The van der Waals surface area contributed by atoms with E-state index < -0.39 is 46.9 Å². The number of alkyl halides is 2. The molecule has 0 unspecified atom stereocenters. The van der Waals surface area contributed by atoms with Gasteiger partial charge in [-0.25, -0.2) is 4.79 Å². The van der Waals surface area contributed by atoms with Crippen LogP contribution in [0.4, 0.5) is 8.78 Å². The van der Waals surface area contributed by atoms with Gasteiger partial charge in [0.15, 0.2) is 6.61 Å². The molecule has 0 aliphatic rings. The van der Waals surface area contributed by atoms with Gasteiger partial charge in [-0.05, 0) is 6.92 Å². The van der Waals surface area contributed by atoms with Crippen molar-refractivity contribution in [1.29, 1.82) is 0 Å². The molecule has 0 rings (SSSR count). The Morgan fingerprint density at radius 2 is 1.84 bits per heavy atom. The summed E-state index contributed by atoms with van der Waals surface area (Å²) < 4.78 is 62.2. The van der Waals surface area contributed by atoms with Crippen LogP contribution in [0.3, 0.4) is 0 Å². The van der Waals surface area contributed by atoms with Crippen molar-refractivity contribution in [2.24, 2.45) is 0 Å². The van der Waals surface area contributed by atoms with Crippen LogP contribution in [-0.4, -0.2) is 43.4 Å². The van der Waals surface area contributed by atoms with E-state index in [1.165, 1.54) is 6.92 Å². The van der Waals surface area contributed by atoms with Gasteiger partial charge in [-0.3, -0.25) is 9.35 Å². The molecule has 0 saturated heterocycles. The standard InChI is InChI=1S/C9H12F2O7S/c1-6(2)8(13)17-4-3-7(12)18-5-9(10,11)19(14,15)16/h1,3-5H2,2H3,(H,14,15,16). The highest BCUT2D eigenvalue weighted by Crippen LogP contribution is 2.20. The second-order valence-corrected chi connectivity index (χ2v) is 4.99. The molecule has 0 heterocycles. The first kappa shape index (κ1) is 17.4. The third-order valence-corrected chi connectivity index (χ3v) is 2.54. The molecular formula is C9H12F2O7S. The average molecular weight is 302 g/mol. The van der Waals surface area contributed by atoms with Gasteiger partial charge < -0.3 is 9.47 Å². The van der Waals surface area contributed by atoms with E-state index in [-0.39, 0.29) is 5.57 Å². The minimum atomic E-state index is -5.65. The van der Waals surface area contributed by atoms with Crippen molar-refractivity contribution >= 4 is 22.1 Å². The van der Waals surface area contributed by atoms with Crippen molar-refractivity contribution in [2.75, 3.05) is 13.2 Å². The Morgan fingerprint density at radius 3 is 2.26 bits per heavy atom. The third kappa shape index (κ3) is 6.25. The Labute approximate surface area is 107 Å². The number of hydrogen-bond donors (Lipinski definition) is 1. The number of esters is 2. The number of ether oxygens (including phenoxy) is 2. The van der Waals surface area contributed by atoms with Crippen molar-refractivity contribution in [3.63, 3.8) is 0 Å². The van der Waals surface area contributed by atoms with Crippen LogP contribution in [0, 0.1) is 0 Å². The van der Waals surface area contributed by atoms with Crippen molar-refractivity contribution < 1.29 is 40.8 Å². The lowest BCUT2D eigenvalue weighted by Crippen LogP contribution is -2.34. The molecule has 0 amide bonds. The Hall–Kier alpha value is -1.55. The fraction of sp³-hybridized carbons (Fsp3) is 0.556. The van der Waals surface area contributed by atoms with Crippen LogP contribution in [0.15, 0.2) is 12.2 Å². The zero-order chi connectivity index (χ0) is 15.3. The average Bonchev–Trinajstić information content (AvgIpc) is 2.24. The summed E-state index contributed by atoms with van der Waals surface area (Å²) >= 11 is 0. The van der Waals surface area contributed by atoms with E-state index in [2.05, 4.69) is 16.1 Å². The summed E-state index contributed by atoms with van der Waals surface area (Å²) in [6, 6.07) is 0. The predicted molar refractivity (Wildman–Crippen MR) is 57.8 cm³/mol. The fourth-order valence-electron chi connectivity index (χ4n) is 0.661. The molecule has 0 saturated carbocycles. The van der Waals surface area contributed by atoms with Crippen LogP contribution < -0.4 is 0 Å². The lowest BCUT2D eigenvalue weighted by atomic mass is 10.4. The van der Waals surface area contributed by atoms with Crippen LogP contribution in [0.25, 0.3) is 0 Å². The quantitative estimate of drug-likeness (QED) is 0.415. The van der Waals surface area contributed by atoms with Crippen LogP contribution in [-0.2, 0) is 29.2 Å². The summed E-state index contributed by atoms with van der Waals surface area (Å²) in [6.07, 6.45) is -0.541. The second-order valence-electron chi connectivity index (χ2n) is 3.44. The highest BCUT2D eigenvalue weighted by atomic mass is 32.2. The van der Waals surface area contributed by atoms with Gasteiger partial charge in [0.05, 0.1) is 6.42 Å². The van der Waals surface area contributed by atoms with Gasteiger partial charge in [-0.15, -0.1) is 0 Å². The summed E-state index contributed by atoms with van der Waals surface area (Å²) in [5.74, 6) is -1.98. The lowest BCUT2D eigenvalue weighted by Gasteiger charge is -2.12. The highest BCUT2D eigenvalue weighted by Gasteiger charge is 2.45. The van der Waals surface area contributed by atoms with Crippen molar-refractivity contribution in [1.82, 2.24) is 0 Å². The third-order valence-electron chi connectivity index (χ3n) is 1.67. The fourth-order valence-corrected chi connectivity index (χ4v) is 0.869. The Morgan fingerprint density at radius 1 is 1.32 bits per heavy atom. The first-order valence-corrected chi connectivity index (χ1v) is 6.24. The second kappa shape index (κ2) is 6.57. The molecule has 0 aromatic rings. The smallest absolute Gasteiger partial charge is 0.402 e. The number of halogens is 2. The number of hydrogen-bond acceptors (Lipinski definition) is 6. The molecule has 0 fully saturated rings. The minimum absolute atomic E-state index is 0.0891. The van der Waals surface area contributed by atoms with E-state index in [0.29, 0.717) is 0 Å². The summed E-state index contributed by atoms with van der Waals surface area (Å²) in [4.78, 5) is 21.8. The lowest BCUT2D eigenvalue weighted by molar-refractivity contribution is -0.152. The van der Waals surface area contributed by atoms with E-state index >= 15 is 0 Å². The van der Waals surface area contributed by atoms with Gasteiger partial charge in [-0.2, -0.15) is 17.2 Å². The minimum Gasteiger partial charge on any atom is -0.462 e. The largest absolute Gasteiger partial charge is 0.462 e. The molecule has 19 heavy (non-hydrogen) atoms. The molecule has 0 bridgehead atoms. The van der Waals surface area contributed by atoms with Crippen molar-refractivity contribution in [3.8, 4) is 0 Å². The van der Waals surface area contributed by atoms with E-state index in [1.807, 2.05) is 0 Å². The first-order chi connectivity index (χ1) is 8.47. The maximum Gasteiger partial charge on any atom is 0.402 e. The Bertz CT molecular complexity index is 469. The van der Waals surface area contributed by atoms with Gasteiger partial charge in [0, 0.05) is 5.57 Å². The van der Waals surface area contributed by atoms with Gasteiger partial charge in [0.25, 0.3) is 0 Å². The maximum atomic E-state index is 12.6. The van der Waals surface area contributed by atoms with E-state index in [9.17, 15) is 26.8 Å². The van der Waals surface area contributed by atoms with E-state index in [1.54, 1.807) is 0 Å². The normalized spacial score (nSPS) is 11.8. The number of rotatable bonds is 7. The zero-order valence-electron chi connectivity index (χ0n) is 9.89. The van der Waals surface area contributed by atoms with Gasteiger partial charge in [-0.1, -0.05) is 6.58 Å². The molecule has 0 aromatic carbocycles.